The number of anilines is 1. The predicted molar refractivity (Wildman–Crippen MR) is 90.4 cm³/mol. The number of rotatable bonds is 5. The molecule has 126 valence electrons. The van der Waals surface area contributed by atoms with Gasteiger partial charge in [-0.05, 0) is 30.4 Å². The van der Waals surface area contributed by atoms with Crippen molar-refractivity contribution in [2.75, 3.05) is 18.4 Å². The first kappa shape index (κ1) is 16.2. The fourth-order valence-electron chi connectivity index (χ4n) is 3.08. The van der Waals surface area contributed by atoms with Crippen molar-refractivity contribution in [2.45, 2.75) is 25.3 Å². The molecule has 0 radical (unpaired) electrons. The summed E-state index contributed by atoms with van der Waals surface area (Å²) in [5, 5.41) is 9.66. The van der Waals surface area contributed by atoms with Gasteiger partial charge >= 0.3 is 0 Å². The van der Waals surface area contributed by atoms with E-state index in [2.05, 4.69) is 27.9 Å². The summed E-state index contributed by atoms with van der Waals surface area (Å²) in [6.45, 7) is -0.244. The van der Waals surface area contributed by atoms with E-state index in [0.717, 1.165) is 19.3 Å². The molecule has 1 heterocycles. The first-order valence-corrected chi connectivity index (χ1v) is 8.07. The number of carbonyl (C=O) groups excluding carboxylic acids is 2. The summed E-state index contributed by atoms with van der Waals surface area (Å²) >= 11 is 0. The topological polar surface area (TPSA) is 102 Å². The van der Waals surface area contributed by atoms with E-state index in [1.807, 2.05) is 16.8 Å². The number of hydrogen-bond donors (Lipinski definition) is 3. The lowest BCUT2D eigenvalue weighted by atomic mass is 9.88. The third kappa shape index (κ3) is 3.46. The van der Waals surface area contributed by atoms with E-state index >= 15 is 0 Å². The SMILES string of the molecule is NCC(=O)NCC(=O)Nc1ccnn1C1CCCc2ccccc21. The van der Waals surface area contributed by atoms with Gasteiger partial charge < -0.3 is 16.4 Å². The van der Waals surface area contributed by atoms with Crippen molar-refractivity contribution in [1.29, 1.82) is 0 Å². The summed E-state index contributed by atoms with van der Waals surface area (Å²) in [6.07, 6.45) is 4.80. The molecule has 1 atom stereocenters. The van der Waals surface area contributed by atoms with Gasteiger partial charge in [0.1, 0.15) is 5.82 Å². The van der Waals surface area contributed by atoms with Crippen LogP contribution in [-0.4, -0.2) is 34.7 Å². The molecule has 4 N–H and O–H groups in total. The first-order valence-electron chi connectivity index (χ1n) is 8.07. The summed E-state index contributed by atoms with van der Waals surface area (Å²) in [6, 6.07) is 10.2. The normalized spacial score (nSPS) is 16.3. The molecule has 1 unspecified atom stereocenters. The lowest BCUT2D eigenvalue weighted by Crippen LogP contribution is -2.37. The Morgan fingerprint density at radius 3 is 2.92 bits per heavy atom. The Labute approximate surface area is 140 Å². The highest BCUT2D eigenvalue weighted by Gasteiger charge is 2.24. The minimum Gasteiger partial charge on any atom is -0.346 e. The van der Waals surface area contributed by atoms with Gasteiger partial charge in [0.05, 0.1) is 25.3 Å². The molecule has 24 heavy (non-hydrogen) atoms. The van der Waals surface area contributed by atoms with E-state index in [-0.39, 0.29) is 30.9 Å². The molecule has 7 nitrogen and oxygen atoms in total. The highest BCUT2D eigenvalue weighted by atomic mass is 16.2. The molecule has 1 aliphatic rings. The average molecular weight is 327 g/mol. The van der Waals surface area contributed by atoms with Crippen LogP contribution in [0.2, 0.25) is 0 Å². The number of amides is 2. The molecule has 0 saturated heterocycles. The summed E-state index contributed by atoms with van der Waals surface area (Å²) in [4.78, 5) is 23.1. The largest absolute Gasteiger partial charge is 0.346 e. The molecular weight excluding hydrogens is 306 g/mol. The molecule has 7 heteroatoms. The van der Waals surface area contributed by atoms with Gasteiger partial charge in [0.15, 0.2) is 0 Å². The van der Waals surface area contributed by atoms with Crippen LogP contribution in [0.3, 0.4) is 0 Å². The Bertz CT molecular complexity index is 740. The molecule has 3 rings (SSSR count). The van der Waals surface area contributed by atoms with Gasteiger partial charge in [-0.15, -0.1) is 0 Å². The van der Waals surface area contributed by atoms with Crippen LogP contribution in [0.5, 0.6) is 0 Å². The smallest absolute Gasteiger partial charge is 0.244 e. The van der Waals surface area contributed by atoms with Crippen LogP contribution < -0.4 is 16.4 Å². The Hall–Kier alpha value is -2.67. The minimum atomic E-state index is -0.361. The Morgan fingerprint density at radius 2 is 2.08 bits per heavy atom. The highest BCUT2D eigenvalue weighted by molar-refractivity contribution is 5.94. The highest BCUT2D eigenvalue weighted by Crippen LogP contribution is 2.34. The molecule has 1 aromatic carbocycles. The Balaban J connectivity index is 1.74. The van der Waals surface area contributed by atoms with Gasteiger partial charge in [0.25, 0.3) is 0 Å². The summed E-state index contributed by atoms with van der Waals surface area (Å²) in [7, 11) is 0. The number of nitrogens with zero attached hydrogens (tertiary/aromatic N) is 2. The van der Waals surface area contributed by atoms with Crippen LogP contribution in [0.15, 0.2) is 36.5 Å². The summed E-state index contributed by atoms with van der Waals surface area (Å²) in [5.41, 5.74) is 7.78. The lowest BCUT2D eigenvalue weighted by Gasteiger charge is -2.27. The molecule has 0 spiro atoms. The molecule has 0 saturated carbocycles. The van der Waals surface area contributed by atoms with E-state index in [1.165, 1.54) is 11.1 Å². The van der Waals surface area contributed by atoms with Crippen molar-refractivity contribution in [3.05, 3.63) is 47.7 Å². The molecule has 2 aromatic rings. The van der Waals surface area contributed by atoms with Crippen LogP contribution >= 0.6 is 0 Å². The van der Waals surface area contributed by atoms with Gasteiger partial charge in [-0.3, -0.25) is 9.59 Å². The second-order valence-corrected chi connectivity index (χ2v) is 5.80. The van der Waals surface area contributed by atoms with Gasteiger partial charge in [-0.25, -0.2) is 4.68 Å². The maximum atomic E-state index is 12.0. The predicted octanol–water partition coefficient (Wildman–Crippen LogP) is 0.822. The van der Waals surface area contributed by atoms with Crippen molar-refractivity contribution in [3.63, 3.8) is 0 Å². The number of nitrogens with two attached hydrogens (primary N) is 1. The fraction of sp³-hybridized carbons (Fsp3) is 0.353. The quantitative estimate of drug-likeness (QED) is 0.756. The molecule has 0 fully saturated rings. The maximum absolute atomic E-state index is 12.0. The van der Waals surface area contributed by atoms with E-state index in [0.29, 0.717) is 5.82 Å². The summed E-state index contributed by atoms with van der Waals surface area (Å²) < 4.78 is 1.85. The van der Waals surface area contributed by atoms with E-state index < -0.39 is 0 Å². The third-order valence-electron chi connectivity index (χ3n) is 4.20. The van der Waals surface area contributed by atoms with E-state index in [1.54, 1.807) is 12.3 Å². The van der Waals surface area contributed by atoms with Gasteiger partial charge in [-0.2, -0.15) is 5.10 Å². The summed E-state index contributed by atoms with van der Waals surface area (Å²) in [5.74, 6) is -0.0359. The van der Waals surface area contributed by atoms with Crippen molar-refractivity contribution in [3.8, 4) is 0 Å². The number of fused-ring (bicyclic) bond motifs is 1. The van der Waals surface area contributed by atoms with E-state index in [9.17, 15) is 9.59 Å². The van der Waals surface area contributed by atoms with Crippen LogP contribution in [-0.2, 0) is 16.0 Å². The monoisotopic (exact) mass is 327 g/mol. The van der Waals surface area contributed by atoms with Crippen molar-refractivity contribution in [2.24, 2.45) is 5.73 Å². The van der Waals surface area contributed by atoms with Gasteiger partial charge in [0.2, 0.25) is 11.8 Å². The minimum absolute atomic E-state index is 0.109. The van der Waals surface area contributed by atoms with Crippen molar-refractivity contribution >= 4 is 17.6 Å². The lowest BCUT2D eigenvalue weighted by molar-refractivity contribution is -0.123. The Kier molecular flexibility index (Phi) is 4.90. The second-order valence-electron chi connectivity index (χ2n) is 5.80. The standard InChI is InChI=1S/C17H21N5O2/c18-10-16(23)19-11-17(24)21-15-8-9-20-22(15)14-7-3-5-12-4-1-2-6-13(12)14/h1-2,4,6,8-9,14H,3,5,7,10-11,18H2,(H,19,23)(H,21,24). The molecule has 2 amide bonds. The molecular formula is C17H21N5O2. The molecule has 0 aliphatic heterocycles. The fourth-order valence-corrected chi connectivity index (χ4v) is 3.08. The molecule has 1 aliphatic carbocycles. The number of carbonyl (C=O) groups is 2. The van der Waals surface area contributed by atoms with Gasteiger partial charge in [0, 0.05) is 6.07 Å². The maximum Gasteiger partial charge on any atom is 0.244 e. The number of aryl methyl sites for hydroxylation is 1. The first-order chi connectivity index (χ1) is 11.7. The average Bonchev–Trinajstić information content (AvgIpc) is 3.07. The zero-order chi connectivity index (χ0) is 16.9. The molecule has 1 aromatic heterocycles. The van der Waals surface area contributed by atoms with Crippen LogP contribution in [0, 0.1) is 0 Å². The van der Waals surface area contributed by atoms with Crippen LogP contribution in [0.25, 0.3) is 0 Å². The Morgan fingerprint density at radius 1 is 1.25 bits per heavy atom. The van der Waals surface area contributed by atoms with Crippen LogP contribution in [0.1, 0.15) is 30.0 Å². The van der Waals surface area contributed by atoms with Crippen molar-refractivity contribution in [1.82, 2.24) is 15.1 Å². The number of benzene rings is 1. The number of nitrogens with one attached hydrogen (secondary N) is 2. The number of hydrogen-bond acceptors (Lipinski definition) is 4. The van der Waals surface area contributed by atoms with Crippen molar-refractivity contribution < 1.29 is 9.59 Å². The number of aromatic nitrogens is 2. The van der Waals surface area contributed by atoms with Crippen LogP contribution in [0.4, 0.5) is 5.82 Å². The third-order valence-corrected chi connectivity index (χ3v) is 4.20. The zero-order valence-corrected chi connectivity index (χ0v) is 13.4. The van der Waals surface area contributed by atoms with Gasteiger partial charge in [-0.1, -0.05) is 24.3 Å². The zero-order valence-electron chi connectivity index (χ0n) is 13.4. The molecule has 0 bridgehead atoms. The van der Waals surface area contributed by atoms with E-state index in [4.69, 9.17) is 5.73 Å². The second kappa shape index (κ2) is 7.27.